The summed E-state index contributed by atoms with van der Waals surface area (Å²) >= 11 is 0. The standard InChI is InChI=1S/C13H5BF7/c1-4-5(15)2-6(16)9(11(4)19)14-10-12(20)7(17)3-8(18)13(10)21/h2-3H,1H3. The maximum atomic E-state index is 13.7. The molecule has 0 aliphatic carbocycles. The molecule has 0 heterocycles. The van der Waals surface area contributed by atoms with Crippen LogP contribution in [0.25, 0.3) is 0 Å². The Balaban J connectivity index is 2.62. The zero-order valence-electron chi connectivity index (χ0n) is 10.4. The highest BCUT2D eigenvalue weighted by Crippen LogP contribution is 2.13. The molecule has 0 saturated heterocycles. The Morgan fingerprint density at radius 3 is 1.62 bits per heavy atom. The predicted molar refractivity (Wildman–Crippen MR) is 62.3 cm³/mol. The molecule has 2 aromatic rings. The van der Waals surface area contributed by atoms with Crippen molar-refractivity contribution in [2.45, 2.75) is 6.92 Å². The van der Waals surface area contributed by atoms with Gasteiger partial charge < -0.3 is 0 Å². The molecule has 0 fully saturated rings. The lowest BCUT2D eigenvalue weighted by atomic mass is 9.62. The van der Waals surface area contributed by atoms with E-state index in [0.717, 1.165) is 6.92 Å². The average Bonchev–Trinajstić information content (AvgIpc) is 2.42. The second-order valence-corrected chi connectivity index (χ2v) is 4.22. The zero-order valence-corrected chi connectivity index (χ0v) is 10.4. The van der Waals surface area contributed by atoms with Gasteiger partial charge in [-0.05, 0) is 17.8 Å². The molecule has 0 spiro atoms. The summed E-state index contributed by atoms with van der Waals surface area (Å²) in [6, 6.07) is 0.264. The molecule has 21 heavy (non-hydrogen) atoms. The van der Waals surface area contributed by atoms with E-state index in [4.69, 9.17) is 0 Å². The van der Waals surface area contributed by atoms with E-state index in [1.54, 1.807) is 0 Å². The molecule has 2 aromatic carbocycles. The molecular formula is C13H5BF7. The lowest BCUT2D eigenvalue weighted by Crippen LogP contribution is -2.38. The highest BCUT2D eigenvalue weighted by Gasteiger charge is 2.24. The molecule has 0 bridgehead atoms. The molecule has 0 atom stereocenters. The molecule has 0 amide bonds. The van der Waals surface area contributed by atoms with E-state index in [1.807, 2.05) is 0 Å². The summed E-state index contributed by atoms with van der Waals surface area (Å²) in [7, 11) is 0.244. The highest BCUT2D eigenvalue weighted by atomic mass is 19.2. The molecule has 0 unspecified atom stereocenters. The second-order valence-electron chi connectivity index (χ2n) is 4.22. The number of rotatable bonds is 2. The Morgan fingerprint density at radius 2 is 1.10 bits per heavy atom. The van der Waals surface area contributed by atoms with Gasteiger partial charge in [0.25, 0.3) is 0 Å². The number of halogens is 7. The quantitative estimate of drug-likeness (QED) is 0.454. The zero-order chi connectivity index (χ0) is 15.9. The monoisotopic (exact) mass is 305 g/mol. The first kappa shape index (κ1) is 15.4. The van der Waals surface area contributed by atoms with Crippen LogP contribution >= 0.6 is 0 Å². The van der Waals surface area contributed by atoms with E-state index >= 15 is 0 Å². The normalized spacial score (nSPS) is 10.9. The van der Waals surface area contributed by atoms with Crippen LogP contribution in [0.2, 0.25) is 0 Å². The number of hydrogen-bond acceptors (Lipinski definition) is 0. The third-order valence-electron chi connectivity index (χ3n) is 2.87. The fourth-order valence-corrected chi connectivity index (χ4v) is 1.70. The molecule has 1 radical (unpaired) electrons. The van der Waals surface area contributed by atoms with Gasteiger partial charge in [-0.25, -0.2) is 30.7 Å². The van der Waals surface area contributed by atoms with Crippen LogP contribution in [0.1, 0.15) is 5.56 Å². The summed E-state index contributed by atoms with van der Waals surface area (Å²) in [6.45, 7) is 0.973. The largest absolute Gasteiger partial charge is 0.207 e. The van der Waals surface area contributed by atoms with Gasteiger partial charge in [0.15, 0.2) is 23.3 Å². The van der Waals surface area contributed by atoms with Crippen molar-refractivity contribution in [3.05, 3.63) is 58.4 Å². The van der Waals surface area contributed by atoms with Crippen molar-refractivity contribution in [2.75, 3.05) is 0 Å². The van der Waals surface area contributed by atoms with Crippen LogP contribution in [0.5, 0.6) is 0 Å². The van der Waals surface area contributed by atoms with Crippen molar-refractivity contribution in [3.63, 3.8) is 0 Å². The van der Waals surface area contributed by atoms with Gasteiger partial charge in [-0.2, -0.15) is 0 Å². The molecule has 0 N–H and O–H groups in total. The lowest BCUT2D eigenvalue weighted by molar-refractivity contribution is 0.463. The van der Waals surface area contributed by atoms with Gasteiger partial charge in [0.05, 0.1) is 0 Å². The van der Waals surface area contributed by atoms with Gasteiger partial charge in [-0.1, -0.05) is 0 Å². The van der Waals surface area contributed by atoms with E-state index in [2.05, 4.69) is 0 Å². The van der Waals surface area contributed by atoms with E-state index in [0.29, 0.717) is 6.07 Å². The molecule has 0 aliphatic heterocycles. The number of hydrogen-bond donors (Lipinski definition) is 0. The first-order chi connectivity index (χ1) is 9.73. The summed E-state index contributed by atoms with van der Waals surface area (Å²) in [4.78, 5) is 0. The highest BCUT2D eigenvalue weighted by molar-refractivity contribution is 6.67. The third kappa shape index (κ3) is 2.62. The van der Waals surface area contributed by atoms with Crippen LogP contribution in [0.4, 0.5) is 30.7 Å². The number of benzene rings is 2. The fourth-order valence-electron chi connectivity index (χ4n) is 1.70. The Bertz CT molecular complexity index is 701. The first-order valence-electron chi connectivity index (χ1n) is 5.55. The van der Waals surface area contributed by atoms with E-state index in [9.17, 15) is 30.7 Å². The van der Waals surface area contributed by atoms with Crippen molar-refractivity contribution in [2.24, 2.45) is 0 Å². The minimum absolute atomic E-state index is 0.0371. The van der Waals surface area contributed by atoms with Gasteiger partial charge in [0.2, 0.25) is 7.28 Å². The summed E-state index contributed by atoms with van der Waals surface area (Å²) in [5.41, 5.74) is -2.90. The minimum Gasteiger partial charge on any atom is -0.207 e. The topological polar surface area (TPSA) is 0 Å². The molecule has 0 aliphatic rings. The van der Waals surface area contributed by atoms with Crippen LogP contribution in [-0.2, 0) is 0 Å². The Labute approximate surface area is 115 Å². The Morgan fingerprint density at radius 1 is 0.619 bits per heavy atom. The van der Waals surface area contributed by atoms with E-state index in [-0.39, 0.29) is 13.3 Å². The molecule has 0 saturated carbocycles. The molecule has 8 heteroatoms. The van der Waals surface area contributed by atoms with E-state index < -0.39 is 57.2 Å². The lowest BCUT2D eigenvalue weighted by Gasteiger charge is -2.10. The van der Waals surface area contributed by atoms with Gasteiger partial charge in [-0.15, -0.1) is 0 Å². The second kappa shape index (κ2) is 5.42. The maximum absolute atomic E-state index is 13.7. The van der Waals surface area contributed by atoms with Crippen molar-refractivity contribution >= 4 is 18.2 Å². The smallest absolute Gasteiger partial charge is 0.207 e. The fraction of sp³-hybridized carbons (Fsp3) is 0.0769. The van der Waals surface area contributed by atoms with E-state index in [1.165, 1.54) is 0 Å². The van der Waals surface area contributed by atoms with Crippen molar-refractivity contribution in [1.82, 2.24) is 0 Å². The van der Waals surface area contributed by atoms with Crippen LogP contribution in [0.15, 0.2) is 12.1 Å². The van der Waals surface area contributed by atoms with Crippen LogP contribution in [-0.4, -0.2) is 7.28 Å². The summed E-state index contributed by atoms with van der Waals surface area (Å²) in [5.74, 6) is -11.1. The molecule has 0 aromatic heterocycles. The SMILES string of the molecule is Cc1c(F)cc(F)c([B]c2c(F)c(F)cc(F)c2F)c1F. The molecular weight excluding hydrogens is 300 g/mol. The van der Waals surface area contributed by atoms with Gasteiger partial charge in [-0.3, -0.25) is 0 Å². The predicted octanol–water partition coefficient (Wildman–Crippen LogP) is 2.62. The molecule has 109 valence electrons. The molecule has 0 nitrogen and oxygen atoms in total. The maximum Gasteiger partial charge on any atom is 0.207 e. The summed E-state index contributed by atoms with van der Waals surface area (Å²) in [5, 5.41) is 0. The van der Waals surface area contributed by atoms with Crippen LogP contribution in [0.3, 0.4) is 0 Å². The van der Waals surface area contributed by atoms with Gasteiger partial charge in [0, 0.05) is 17.7 Å². The third-order valence-corrected chi connectivity index (χ3v) is 2.87. The first-order valence-corrected chi connectivity index (χ1v) is 5.55. The summed E-state index contributed by atoms with van der Waals surface area (Å²) in [6.07, 6.45) is 0. The molecule has 2 rings (SSSR count). The Hall–Kier alpha value is -1.99. The van der Waals surface area contributed by atoms with Crippen molar-refractivity contribution < 1.29 is 30.7 Å². The van der Waals surface area contributed by atoms with Crippen molar-refractivity contribution in [1.29, 1.82) is 0 Å². The van der Waals surface area contributed by atoms with Gasteiger partial charge >= 0.3 is 0 Å². The Kier molecular flexibility index (Phi) is 3.98. The average molecular weight is 305 g/mol. The van der Waals surface area contributed by atoms with Gasteiger partial charge in [0.1, 0.15) is 17.5 Å². The van der Waals surface area contributed by atoms with Crippen molar-refractivity contribution in [3.8, 4) is 0 Å². The minimum atomic E-state index is -1.81. The van der Waals surface area contributed by atoms with Crippen LogP contribution < -0.4 is 10.9 Å². The van der Waals surface area contributed by atoms with Crippen LogP contribution in [0, 0.1) is 47.6 Å². The summed E-state index contributed by atoms with van der Waals surface area (Å²) < 4.78 is 93.2.